The van der Waals surface area contributed by atoms with Crippen LogP contribution in [0.5, 0.6) is 11.5 Å². The number of halogens is 2. The molecule has 0 aliphatic carbocycles. The fourth-order valence-electron chi connectivity index (χ4n) is 3.29. The highest BCUT2D eigenvalue weighted by Gasteiger charge is 2.32. The van der Waals surface area contributed by atoms with E-state index < -0.39 is 17.9 Å². The average molecular weight is 582 g/mol. The van der Waals surface area contributed by atoms with Crippen molar-refractivity contribution >= 4 is 63.0 Å². The molecule has 1 aliphatic rings. The monoisotopic (exact) mass is 580 g/mol. The van der Waals surface area contributed by atoms with E-state index in [9.17, 15) is 14.7 Å². The first-order valence-electron chi connectivity index (χ1n) is 10.4. The average Bonchev–Trinajstić information content (AvgIpc) is 2.80. The molecule has 0 saturated carbocycles. The molecule has 0 bridgehead atoms. The van der Waals surface area contributed by atoms with E-state index in [0.29, 0.717) is 42.8 Å². The number of rotatable bonds is 8. The van der Waals surface area contributed by atoms with E-state index in [-0.39, 0.29) is 19.0 Å². The van der Waals surface area contributed by atoms with E-state index in [2.05, 4.69) is 37.1 Å². The molecule has 1 aliphatic heterocycles. The van der Waals surface area contributed by atoms with Crippen LogP contribution < -0.4 is 20.8 Å². The summed E-state index contributed by atoms with van der Waals surface area (Å²) >= 11 is 14.4. The number of nitrogens with zero attached hydrogens (tertiary/aromatic N) is 1. The highest BCUT2D eigenvalue weighted by Crippen LogP contribution is 2.34. The molecule has 35 heavy (non-hydrogen) atoms. The quantitative estimate of drug-likeness (QED) is 0.161. The number of hydrogen-bond donors (Lipinski definition) is 4. The van der Waals surface area contributed by atoms with Crippen LogP contribution in [0.4, 0.5) is 0 Å². The third-order valence-electron chi connectivity index (χ3n) is 4.80. The molecule has 1 heterocycles. The molecule has 4 N–H and O–H groups in total. The van der Waals surface area contributed by atoms with Gasteiger partial charge >= 0.3 is 5.97 Å². The van der Waals surface area contributed by atoms with Crippen LogP contribution in [0.1, 0.15) is 31.0 Å². The van der Waals surface area contributed by atoms with Gasteiger partial charge in [0.05, 0.1) is 28.9 Å². The molecule has 1 amide bonds. The number of aromatic hydroxyl groups is 1. The topological polar surface area (TPSA) is 121 Å². The summed E-state index contributed by atoms with van der Waals surface area (Å²) in [6, 6.07) is 9.37. The molecular formula is C23H22BrClN4O5S. The Kier molecular flexibility index (Phi) is 9.07. The first-order chi connectivity index (χ1) is 16.7. The van der Waals surface area contributed by atoms with Gasteiger partial charge in [-0.2, -0.15) is 5.10 Å². The number of phenols is 1. The molecule has 2 aromatic rings. The minimum atomic E-state index is -0.635. The smallest absolute Gasteiger partial charge is 0.338 e. The van der Waals surface area contributed by atoms with E-state index in [4.69, 9.17) is 33.3 Å². The Bertz CT molecular complexity index is 1220. The van der Waals surface area contributed by atoms with Gasteiger partial charge < -0.3 is 25.2 Å². The predicted molar refractivity (Wildman–Crippen MR) is 139 cm³/mol. The Morgan fingerprint density at radius 1 is 1.34 bits per heavy atom. The molecule has 184 valence electrons. The highest BCUT2D eigenvalue weighted by molar-refractivity contribution is 9.10. The third kappa shape index (κ3) is 6.71. The lowest BCUT2D eigenvalue weighted by Gasteiger charge is -2.30. The second kappa shape index (κ2) is 12.0. The van der Waals surface area contributed by atoms with E-state index in [0.717, 1.165) is 0 Å². The van der Waals surface area contributed by atoms with Crippen LogP contribution >= 0.6 is 39.7 Å². The lowest BCUT2D eigenvalue weighted by molar-refractivity contribution is -0.139. The minimum absolute atomic E-state index is 0.0642. The lowest BCUT2D eigenvalue weighted by atomic mass is 9.95. The van der Waals surface area contributed by atoms with Crippen LogP contribution in [0, 0.1) is 0 Å². The van der Waals surface area contributed by atoms with E-state index in [1.54, 1.807) is 38.1 Å². The summed E-state index contributed by atoms with van der Waals surface area (Å²) < 4.78 is 11.3. The maximum absolute atomic E-state index is 12.6. The van der Waals surface area contributed by atoms with Gasteiger partial charge in [0, 0.05) is 21.8 Å². The predicted octanol–water partition coefficient (Wildman–Crippen LogP) is 3.69. The van der Waals surface area contributed by atoms with Crippen molar-refractivity contribution in [3.05, 3.63) is 68.3 Å². The fraction of sp³-hybridized carbons (Fsp3) is 0.217. The van der Waals surface area contributed by atoms with E-state index >= 15 is 0 Å². The summed E-state index contributed by atoms with van der Waals surface area (Å²) in [5.41, 5.74) is 4.17. The van der Waals surface area contributed by atoms with Gasteiger partial charge in [-0.15, -0.1) is 0 Å². The third-order valence-corrected chi connectivity index (χ3v) is 5.85. The zero-order valence-electron chi connectivity index (χ0n) is 18.7. The number of ether oxygens (including phenoxy) is 2. The number of allylic oxidation sites excluding steroid dienone is 1. The van der Waals surface area contributed by atoms with E-state index in [1.165, 1.54) is 18.3 Å². The number of nitrogens with one attached hydrogen (secondary N) is 3. The van der Waals surface area contributed by atoms with Crippen molar-refractivity contribution in [1.82, 2.24) is 16.1 Å². The van der Waals surface area contributed by atoms with Gasteiger partial charge in [0.25, 0.3) is 5.91 Å². The highest BCUT2D eigenvalue weighted by atomic mass is 79.9. The Morgan fingerprint density at radius 3 is 2.83 bits per heavy atom. The van der Waals surface area contributed by atoms with Gasteiger partial charge in [0.15, 0.2) is 11.7 Å². The van der Waals surface area contributed by atoms with Crippen molar-refractivity contribution < 1.29 is 24.2 Å². The van der Waals surface area contributed by atoms with Crippen LogP contribution in [0.25, 0.3) is 0 Å². The number of hydrogen-bond acceptors (Lipinski definition) is 7. The van der Waals surface area contributed by atoms with Crippen LogP contribution in [0.2, 0.25) is 5.02 Å². The molecule has 0 aromatic heterocycles. The minimum Gasteiger partial charge on any atom is -0.506 e. The van der Waals surface area contributed by atoms with Crippen molar-refractivity contribution in [2.24, 2.45) is 5.10 Å². The molecule has 0 saturated heterocycles. The molecule has 0 radical (unpaired) electrons. The second-order valence-electron chi connectivity index (χ2n) is 7.24. The van der Waals surface area contributed by atoms with Gasteiger partial charge in [-0.25, -0.2) is 10.2 Å². The number of hydrazone groups is 1. The largest absolute Gasteiger partial charge is 0.506 e. The molecule has 9 nitrogen and oxygen atoms in total. The van der Waals surface area contributed by atoms with Crippen molar-refractivity contribution in [1.29, 1.82) is 0 Å². The van der Waals surface area contributed by atoms with Gasteiger partial charge in [-0.05, 0) is 60.2 Å². The van der Waals surface area contributed by atoms with Crippen LogP contribution in [-0.2, 0) is 14.3 Å². The molecule has 0 fully saturated rings. The summed E-state index contributed by atoms with van der Waals surface area (Å²) in [7, 11) is 0. The van der Waals surface area contributed by atoms with Gasteiger partial charge in [-0.1, -0.05) is 29.8 Å². The second-order valence-corrected chi connectivity index (χ2v) is 8.93. The van der Waals surface area contributed by atoms with Gasteiger partial charge in [0.2, 0.25) is 0 Å². The molecule has 0 unspecified atom stereocenters. The van der Waals surface area contributed by atoms with Crippen molar-refractivity contribution in [2.45, 2.75) is 19.9 Å². The fourth-order valence-corrected chi connectivity index (χ4v) is 4.40. The summed E-state index contributed by atoms with van der Waals surface area (Å²) in [5, 5.41) is 20.6. The number of amides is 1. The van der Waals surface area contributed by atoms with Crippen molar-refractivity contribution in [2.75, 3.05) is 13.2 Å². The molecule has 3 rings (SSSR count). The number of carbonyl (C=O) groups is 2. The molecule has 12 heteroatoms. The van der Waals surface area contributed by atoms with Crippen LogP contribution in [0.3, 0.4) is 0 Å². The Morgan fingerprint density at radius 2 is 2.09 bits per heavy atom. The number of benzene rings is 2. The first-order valence-corrected chi connectivity index (χ1v) is 12.0. The maximum Gasteiger partial charge on any atom is 0.338 e. The number of esters is 1. The van der Waals surface area contributed by atoms with Gasteiger partial charge in [-0.3, -0.25) is 4.79 Å². The summed E-state index contributed by atoms with van der Waals surface area (Å²) in [6.07, 6.45) is 1.26. The standard InChI is InChI=1S/C23H22BrClN4O5S/c1-3-33-22(32)19-12(2)27-23(35)28-20(19)15-6-4-5-7-17(15)34-11-18(30)29-26-10-13-8-14(25)9-16(24)21(13)31/h4-10,20,31H,3,11H2,1-2H3,(H,29,30)(H2,27,28,35)/t20-/m1/s1. The number of para-hydroxylation sites is 1. The van der Waals surface area contributed by atoms with E-state index in [1.807, 2.05) is 0 Å². The van der Waals surface area contributed by atoms with Crippen LogP contribution in [-0.4, -0.2) is 41.5 Å². The molecule has 1 atom stereocenters. The normalized spacial score (nSPS) is 15.4. The summed E-state index contributed by atoms with van der Waals surface area (Å²) in [4.78, 5) is 24.9. The number of carbonyl (C=O) groups excluding carboxylic acids is 2. The van der Waals surface area contributed by atoms with Crippen molar-refractivity contribution in [3.8, 4) is 11.5 Å². The Labute approximate surface area is 220 Å². The number of thiocarbonyl (C=S) groups is 1. The zero-order valence-corrected chi connectivity index (χ0v) is 21.9. The maximum atomic E-state index is 12.6. The molecular weight excluding hydrogens is 560 g/mol. The zero-order chi connectivity index (χ0) is 25.5. The Hall–Kier alpha value is -3.15. The number of phenolic OH excluding ortho intramolecular Hbond substituents is 1. The summed E-state index contributed by atoms with van der Waals surface area (Å²) in [6.45, 7) is 3.32. The summed E-state index contributed by atoms with van der Waals surface area (Å²) in [5.74, 6) is -0.719. The Balaban J connectivity index is 1.73. The molecule has 0 spiro atoms. The lowest BCUT2D eigenvalue weighted by Crippen LogP contribution is -2.45. The van der Waals surface area contributed by atoms with Crippen molar-refractivity contribution in [3.63, 3.8) is 0 Å². The first kappa shape index (κ1) is 26.5. The molecule has 2 aromatic carbocycles. The van der Waals surface area contributed by atoms with Gasteiger partial charge in [0.1, 0.15) is 11.5 Å². The van der Waals surface area contributed by atoms with Crippen LogP contribution in [0.15, 0.2) is 57.2 Å². The SMILES string of the molecule is CCOC(=O)C1=C(C)NC(=S)N[C@@H]1c1ccccc1OCC(=O)NN=Cc1cc(Cl)cc(Br)c1O.